The van der Waals surface area contributed by atoms with Crippen molar-refractivity contribution in [2.45, 2.75) is 110 Å². The number of nitrogens with one attached hydrogen (secondary N) is 3. The lowest BCUT2D eigenvalue weighted by molar-refractivity contribution is -0.144. The number of carboxylic acid groups (broad SMARTS) is 1. The van der Waals surface area contributed by atoms with Crippen LogP contribution in [0, 0.1) is 24.2 Å². The highest BCUT2D eigenvalue weighted by Crippen LogP contribution is 2.34. The van der Waals surface area contributed by atoms with Gasteiger partial charge in [-0.3, -0.25) is 24.5 Å². The molecule has 5 heterocycles. The number of unbranched alkanes of at least 4 members (excludes halogenated alkanes) is 3. The minimum atomic E-state index is -1.08. The van der Waals surface area contributed by atoms with Crippen molar-refractivity contribution in [3.63, 3.8) is 0 Å². The summed E-state index contributed by atoms with van der Waals surface area (Å²) in [6, 6.07) is 27.1. The molecule has 81 heavy (non-hydrogen) atoms. The number of carbonyl (C=O) groups excluding carboxylic acids is 4. The maximum atomic E-state index is 14.0. The number of thiazole rings is 3. The molecular formula is C61H66N8O9S3. The predicted molar refractivity (Wildman–Crippen MR) is 316 cm³/mol. The summed E-state index contributed by atoms with van der Waals surface area (Å²) >= 11 is 4.36. The Morgan fingerprint density at radius 2 is 1.70 bits per heavy atom. The number of likely N-dealkylation sites (tertiary alicyclic amines) is 1. The maximum Gasteiger partial charge on any atom is 0.355 e. The van der Waals surface area contributed by atoms with Crippen LogP contribution in [0.2, 0.25) is 0 Å². The van der Waals surface area contributed by atoms with Gasteiger partial charge in [0.05, 0.1) is 39.0 Å². The lowest BCUT2D eigenvalue weighted by Gasteiger charge is -2.35. The van der Waals surface area contributed by atoms with Crippen molar-refractivity contribution in [3.8, 4) is 28.0 Å². The number of β-amino-alcohol motifs (C(OH)–C–C–N with tert-alkyl or cyclic N) is 1. The van der Waals surface area contributed by atoms with Crippen molar-refractivity contribution >= 4 is 84.1 Å². The van der Waals surface area contributed by atoms with E-state index in [0.717, 1.165) is 67.9 Å². The van der Waals surface area contributed by atoms with Crippen molar-refractivity contribution in [1.82, 2.24) is 30.5 Å². The van der Waals surface area contributed by atoms with E-state index >= 15 is 0 Å². The number of aromatic carboxylic acids is 1. The van der Waals surface area contributed by atoms with Crippen LogP contribution >= 0.6 is 34.0 Å². The summed E-state index contributed by atoms with van der Waals surface area (Å²) in [5, 5.41) is 30.6. The molecule has 3 atom stereocenters. The average molecular weight is 1150 g/mol. The van der Waals surface area contributed by atoms with Gasteiger partial charge in [-0.05, 0) is 109 Å². The molecule has 422 valence electrons. The van der Waals surface area contributed by atoms with Crippen molar-refractivity contribution in [3.05, 3.63) is 141 Å². The Kier molecular flexibility index (Phi) is 19.2. The van der Waals surface area contributed by atoms with Gasteiger partial charge >= 0.3 is 5.97 Å². The second kappa shape index (κ2) is 26.8. The van der Waals surface area contributed by atoms with Crippen LogP contribution in [0.1, 0.15) is 113 Å². The molecule has 2 aliphatic heterocycles. The number of hydrogen-bond donors (Lipinski definition) is 5. The Labute approximate surface area is 483 Å². The van der Waals surface area contributed by atoms with E-state index in [1.165, 1.54) is 27.6 Å². The van der Waals surface area contributed by atoms with E-state index in [2.05, 4.69) is 42.7 Å². The minimum absolute atomic E-state index is 0.0121. The van der Waals surface area contributed by atoms with E-state index < -0.39 is 41.4 Å². The number of amides is 4. The SMILES string of the molecule is Cc1ncsc1-c1ccc(CNC(=O)[C@@H]2C[C@@H](O)CN2C(=O)[C@@H](NC(=O)COCCCCCC#Cc2ccc(OCCCc3sc(N4CCc5cccc(C(=O)Nc6nc7ccccc7s6)c5C4)nc3C(=O)O)cc2)C(C)(C)C)cc1. The molecule has 2 aliphatic rings. The number of carboxylic acids is 1. The molecule has 0 aliphatic carbocycles. The Bertz CT molecular complexity index is 3400. The minimum Gasteiger partial charge on any atom is -0.494 e. The average Bonchev–Trinajstić information content (AvgIpc) is 4.38. The lowest BCUT2D eigenvalue weighted by Crippen LogP contribution is -2.58. The fourth-order valence-corrected chi connectivity index (χ4v) is 12.6. The molecule has 0 unspecified atom stereocenters. The third-order valence-corrected chi connectivity index (χ3v) is 17.2. The summed E-state index contributed by atoms with van der Waals surface area (Å²) in [6.07, 6.45) is 4.10. The summed E-state index contributed by atoms with van der Waals surface area (Å²) in [6.45, 7) is 9.33. The first-order valence-corrected chi connectivity index (χ1v) is 29.7. The Morgan fingerprint density at radius 3 is 2.46 bits per heavy atom. The third-order valence-electron chi connectivity index (χ3n) is 14.1. The van der Waals surface area contributed by atoms with E-state index in [9.17, 15) is 34.2 Å². The number of aromatic nitrogens is 3. The fourth-order valence-electron chi connectivity index (χ4n) is 9.82. The van der Waals surface area contributed by atoms with E-state index in [1.54, 1.807) is 11.3 Å². The highest BCUT2D eigenvalue weighted by atomic mass is 32.1. The van der Waals surface area contributed by atoms with Crippen LogP contribution < -0.4 is 25.6 Å². The second-order valence-electron chi connectivity index (χ2n) is 21.2. The number of para-hydroxylation sites is 1. The summed E-state index contributed by atoms with van der Waals surface area (Å²) in [4.78, 5) is 85.1. The number of aliphatic hydroxyl groups is 1. The zero-order valence-electron chi connectivity index (χ0n) is 45.8. The van der Waals surface area contributed by atoms with E-state index in [0.29, 0.717) is 78.4 Å². The van der Waals surface area contributed by atoms with Crippen LogP contribution in [-0.4, -0.2) is 111 Å². The Hall–Kier alpha value is -7.54. The van der Waals surface area contributed by atoms with Gasteiger partial charge in [0.2, 0.25) is 17.7 Å². The smallest absolute Gasteiger partial charge is 0.355 e. The van der Waals surface area contributed by atoms with Crippen molar-refractivity contribution in [2.75, 3.05) is 43.1 Å². The number of aryl methyl sites for hydroxylation is 2. The molecule has 7 aromatic rings. The molecule has 1 fully saturated rings. The summed E-state index contributed by atoms with van der Waals surface area (Å²) in [5.74, 6) is 4.55. The van der Waals surface area contributed by atoms with Crippen LogP contribution in [0.4, 0.5) is 10.3 Å². The monoisotopic (exact) mass is 1150 g/mol. The van der Waals surface area contributed by atoms with Gasteiger partial charge in [-0.25, -0.2) is 19.7 Å². The number of anilines is 2. The van der Waals surface area contributed by atoms with Gasteiger partial charge in [0, 0.05) is 61.6 Å². The number of fused-ring (bicyclic) bond motifs is 2. The molecule has 1 saturated heterocycles. The number of ether oxygens (including phenoxy) is 2. The van der Waals surface area contributed by atoms with E-state index in [1.807, 2.05) is 129 Å². The molecule has 17 nitrogen and oxygen atoms in total. The van der Waals surface area contributed by atoms with Crippen LogP contribution in [0.5, 0.6) is 5.75 Å². The first-order valence-electron chi connectivity index (χ1n) is 27.2. The normalized spacial score (nSPS) is 15.4. The number of carbonyl (C=O) groups is 5. The second-order valence-corrected chi connectivity index (χ2v) is 24.2. The summed E-state index contributed by atoms with van der Waals surface area (Å²) in [7, 11) is 0. The maximum absolute atomic E-state index is 14.0. The van der Waals surface area contributed by atoms with Crippen LogP contribution in [0.25, 0.3) is 20.7 Å². The van der Waals surface area contributed by atoms with Crippen LogP contribution in [0.15, 0.2) is 96.5 Å². The number of benzene rings is 4. The Balaban J connectivity index is 0.657. The lowest BCUT2D eigenvalue weighted by atomic mass is 9.85. The number of hydrogen-bond acceptors (Lipinski definition) is 15. The zero-order chi connectivity index (χ0) is 57.0. The molecule has 0 spiro atoms. The highest BCUT2D eigenvalue weighted by molar-refractivity contribution is 7.22. The topological polar surface area (TPSA) is 226 Å². The third kappa shape index (κ3) is 15.1. The molecule has 4 aromatic carbocycles. The summed E-state index contributed by atoms with van der Waals surface area (Å²) in [5.41, 5.74) is 8.28. The van der Waals surface area contributed by atoms with Crippen LogP contribution in [0.3, 0.4) is 0 Å². The first-order chi connectivity index (χ1) is 39.1. The van der Waals surface area contributed by atoms with Gasteiger partial charge in [0.25, 0.3) is 5.91 Å². The highest BCUT2D eigenvalue weighted by Gasteiger charge is 2.44. The van der Waals surface area contributed by atoms with Crippen molar-refractivity contribution in [2.24, 2.45) is 5.41 Å². The van der Waals surface area contributed by atoms with Gasteiger partial charge in [-0.2, -0.15) is 0 Å². The molecule has 20 heteroatoms. The first kappa shape index (κ1) is 58.1. The molecule has 4 amide bonds. The molecule has 0 bridgehead atoms. The molecule has 5 N–H and O–H groups in total. The van der Waals surface area contributed by atoms with Gasteiger partial charge in [-0.1, -0.05) is 98.9 Å². The predicted octanol–water partition coefficient (Wildman–Crippen LogP) is 9.45. The zero-order valence-corrected chi connectivity index (χ0v) is 48.2. The largest absolute Gasteiger partial charge is 0.494 e. The standard InChI is InChI=1S/C61H66N8O9S3/c1-38-53(79-37-63-38)42-24-20-40(21-25-42)33-62-56(73)48-32-43(70)34-69(48)57(74)54(61(2,3)4)65-51(71)36-77-30-11-7-5-6-8-14-39-22-26-44(27-23-39)78-31-13-19-50-52(58(75)76)66-60(81-50)68-29-28-41-15-12-16-45(46(41)35-68)55(72)67-59-64-47-17-9-10-18-49(47)80-59/h9-10,12,15-18,20-27,37,43,48,54,70H,5-7,11,13,19,28-36H2,1-4H3,(H,62,73)(H,65,71)(H,75,76)(H,64,67,72)/t43-,48+,54-/m1/s1. The van der Waals surface area contributed by atoms with Crippen LogP contribution in [-0.2, 0) is 45.1 Å². The van der Waals surface area contributed by atoms with Gasteiger partial charge in [-0.15, -0.1) is 22.7 Å². The fraction of sp³-hybridized carbons (Fsp3) is 0.377. The van der Waals surface area contributed by atoms with Gasteiger partial charge < -0.3 is 40.1 Å². The molecular weight excluding hydrogens is 1080 g/mol. The summed E-state index contributed by atoms with van der Waals surface area (Å²) < 4.78 is 12.7. The van der Waals surface area contributed by atoms with Crippen molar-refractivity contribution in [1.29, 1.82) is 0 Å². The number of rotatable bonds is 22. The van der Waals surface area contributed by atoms with Gasteiger partial charge in [0.1, 0.15) is 24.4 Å². The molecule has 9 rings (SSSR count). The molecule has 0 saturated carbocycles. The van der Waals surface area contributed by atoms with Crippen molar-refractivity contribution < 1.29 is 43.7 Å². The van der Waals surface area contributed by atoms with E-state index in [-0.39, 0.29) is 43.6 Å². The molecule has 0 radical (unpaired) electrons. The number of aliphatic hydroxyl groups excluding tert-OH is 1. The number of nitrogens with zero attached hydrogens (tertiary/aromatic N) is 5. The van der Waals surface area contributed by atoms with Gasteiger partial charge in [0.15, 0.2) is 16.0 Å². The quantitative estimate of drug-likeness (QED) is 0.0315. The van der Waals surface area contributed by atoms with E-state index in [4.69, 9.17) is 9.47 Å². The Morgan fingerprint density at radius 1 is 0.901 bits per heavy atom. The molecule has 3 aromatic heterocycles.